The first-order valence-corrected chi connectivity index (χ1v) is 4.87. The Kier molecular flexibility index (Phi) is 9.61. The molecule has 1 aromatic carbocycles. The fourth-order valence-electron chi connectivity index (χ4n) is 1.24. The molecular formula is C11H14O7. The van der Waals surface area contributed by atoms with E-state index >= 15 is 0 Å². The van der Waals surface area contributed by atoms with E-state index < -0.39 is 6.10 Å². The highest BCUT2D eigenvalue weighted by molar-refractivity contribution is 5.23. The number of benzene rings is 1. The second-order valence-corrected chi connectivity index (χ2v) is 3.15. The van der Waals surface area contributed by atoms with Crippen LogP contribution in [0.25, 0.3) is 0 Å². The van der Waals surface area contributed by atoms with Crippen molar-refractivity contribution < 1.29 is 34.6 Å². The van der Waals surface area contributed by atoms with Crippen molar-refractivity contribution in [2.45, 2.75) is 12.7 Å². The Morgan fingerprint density at radius 3 is 2.17 bits per heavy atom. The quantitative estimate of drug-likeness (QED) is 0.585. The van der Waals surface area contributed by atoms with Crippen molar-refractivity contribution >= 4 is 6.15 Å². The van der Waals surface area contributed by atoms with Gasteiger partial charge in [0.05, 0.1) is 6.61 Å². The maximum Gasteiger partial charge on any atom is 0.373 e. The van der Waals surface area contributed by atoms with Crippen molar-refractivity contribution in [2.75, 3.05) is 13.7 Å². The third-order valence-corrected chi connectivity index (χ3v) is 2.03. The first-order valence-electron chi connectivity index (χ1n) is 4.87. The standard InChI is InChI=1S/C10H14O5.CO2/c1-13-7-10(15-12)9-4-2-8(3-5-9)6-14-11;2-1-3/h2-5,10-12H,6-7H2,1H3;. The number of carbonyl (C=O) groups excluding carboxylic acids is 2. The third kappa shape index (κ3) is 6.21. The average molecular weight is 258 g/mol. The van der Waals surface area contributed by atoms with Gasteiger partial charge in [-0.05, 0) is 11.1 Å². The van der Waals surface area contributed by atoms with Crippen LogP contribution in [0, 0.1) is 0 Å². The molecule has 0 radical (unpaired) electrons. The fraction of sp³-hybridized carbons (Fsp3) is 0.364. The van der Waals surface area contributed by atoms with Crippen molar-refractivity contribution in [3.8, 4) is 0 Å². The van der Waals surface area contributed by atoms with Gasteiger partial charge in [0.25, 0.3) is 0 Å². The molecule has 18 heavy (non-hydrogen) atoms. The van der Waals surface area contributed by atoms with Crippen molar-refractivity contribution in [3.05, 3.63) is 35.4 Å². The van der Waals surface area contributed by atoms with Gasteiger partial charge in [0, 0.05) is 7.11 Å². The molecule has 0 bridgehead atoms. The zero-order chi connectivity index (χ0) is 13.8. The maximum absolute atomic E-state index is 8.64. The minimum Gasteiger partial charge on any atom is -0.381 e. The molecule has 7 nitrogen and oxygen atoms in total. The van der Waals surface area contributed by atoms with E-state index in [0.29, 0.717) is 0 Å². The minimum atomic E-state index is -0.501. The van der Waals surface area contributed by atoms with Crippen molar-refractivity contribution in [2.24, 2.45) is 0 Å². The van der Waals surface area contributed by atoms with Crippen molar-refractivity contribution in [1.82, 2.24) is 0 Å². The van der Waals surface area contributed by atoms with E-state index in [4.69, 9.17) is 24.8 Å². The minimum absolute atomic E-state index is 0.134. The number of methoxy groups -OCH3 is 1. The lowest BCUT2D eigenvalue weighted by Gasteiger charge is -2.12. The maximum atomic E-state index is 8.64. The summed E-state index contributed by atoms with van der Waals surface area (Å²) >= 11 is 0. The number of hydrogen-bond acceptors (Lipinski definition) is 7. The van der Waals surface area contributed by atoms with Crippen LogP contribution in [0.4, 0.5) is 0 Å². The largest absolute Gasteiger partial charge is 0.381 e. The summed E-state index contributed by atoms with van der Waals surface area (Å²) in [6.07, 6.45) is -0.251. The number of rotatable bonds is 6. The lowest BCUT2D eigenvalue weighted by Crippen LogP contribution is -2.08. The summed E-state index contributed by atoms with van der Waals surface area (Å²) in [7, 11) is 1.53. The fourth-order valence-corrected chi connectivity index (χ4v) is 1.24. The predicted molar refractivity (Wildman–Crippen MR) is 57.2 cm³/mol. The van der Waals surface area contributed by atoms with Crippen molar-refractivity contribution in [3.63, 3.8) is 0 Å². The Morgan fingerprint density at radius 2 is 1.78 bits per heavy atom. The van der Waals surface area contributed by atoms with E-state index in [9.17, 15) is 0 Å². The molecule has 100 valence electrons. The van der Waals surface area contributed by atoms with Gasteiger partial charge in [-0.2, -0.15) is 9.59 Å². The van der Waals surface area contributed by atoms with Gasteiger partial charge in [-0.1, -0.05) is 24.3 Å². The van der Waals surface area contributed by atoms with Crippen LogP contribution in [0.15, 0.2) is 24.3 Å². The number of ether oxygens (including phenoxy) is 1. The van der Waals surface area contributed by atoms with Gasteiger partial charge in [0.15, 0.2) is 0 Å². The summed E-state index contributed by atoms with van der Waals surface area (Å²) in [4.78, 5) is 24.5. The zero-order valence-corrected chi connectivity index (χ0v) is 9.74. The molecule has 0 aliphatic carbocycles. The smallest absolute Gasteiger partial charge is 0.373 e. The van der Waals surface area contributed by atoms with Crippen LogP contribution in [-0.4, -0.2) is 30.4 Å². The monoisotopic (exact) mass is 258 g/mol. The summed E-state index contributed by atoms with van der Waals surface area (Å²) < 4.78 is 4.88. The average Bonchev–Trinajstić information content (AvgIpc) is 2.38. The highest BCUT2D eigenvalue weighted by Gasteiger charge is 2.11. The molecule has 0 spiro atoms. The van der Waals surface area contributed by atoms with E-state index in [1.165, 1.54) is 7.11 Å². The third-order valence-electron chi connectivity index (χ3n) is 2.03. The molecule has 1 unspecified atom stereocenters. The van der Waals surface area contributed by atoms with E-state index in [1.807, 2.05) is 0 Å². The van der Waals surface area contributed by atoms with Gasteiger partial charge in [-0.25, -0.2) is 9.78 Å². The lowest BCUT2D eigenvalue weighted by atomic mass is 10.1. The Hall–Kier alpha value is -1.60. The second kappa shape index (κ2) is 10.5. The van der Waals surface area contributed by atoms with Gasteiger partial charge >= 0.3 is 6.15 Å². The zero-order valence-electron chi connectivity index (χ0n) is 9.74. The molecule has 0 aliphatic heterocycles. The van der Waals surface area contributed by atoms with E-state index in [0.717, 1.165) is 11.1 Å². The van der Waals surface area contributed by atoms with E-state index in [1.54, 1.807) is 24.3 Å². The van der Waals surface area contributed by atoms with Crippen LogP contribution in [-0.2, 0) is 30.7 Å². The molecule has 0 heterocycles. The summed E-state index contributed by atoms with van der Waals surface area (Å²) in [5.41, 5.74) is 1.62. The van der Waals surface area contributed by atoms with Crippen LogP contribution in [0.3, 0.4) is 0 Å². The molecule has 0 saturated heterocycles. The highest BCUT2D eigenvalue weighted by Crippen LogP contribution is 2.17. The Bertz CT molecular complexity index is 343. The normalized spacial score (nSPS) is 11.1. The molecule has 0 aromatic heterocycles. The molecule has 0 saturated carbocycles. The first kappa shape index (κ1) is 16.4. The molecule has 2 N–H and O–H groups in total. The van der Waals surface area contributed by atoms with Crippen LogP contribution in [0.1, 0.15) is 17.2 Å². The molecule has 1 rings (SSSR count). The summed E-state index contributed by atoms with van der Waals surface area (Å²) in [6.45, 7) is 0.404. The van der Waals surface area contributed by atoms with Gasteiger partial charge in [0.1, 0.15) is 12.7 Å². The van der Waals surface area contributed by atoms with E-state index in [2.05, 4.69) is 9.78 Å². The van der Waals surface area contributed by atoms with Crippen LogP contribution >= 0.6 is 0 Å². The molecular weight excluding hydrogens is 244 g/mol. The van der Waals surface area contributed by atoms with Crippen LogP contribution in [0.2, 0.25) is 0 Å². The lowest BCUT2D eigenvalue weighted by molar-refractivity contribution is -0.289. The highest BCUT2D eigenvalue weighted by atomic mass is 17.1. The Balaban J connectivity index is 0.000000873. The van der Waals surface area contributed by atoms with Crippen molar-refractivity contribution in [1.29, 1.82) is 0 Å². The van der Waals surface area contributed by atoms with Crippen LogP contribution in [0.5, 0.6) is 0 Å². The van der Waals surface area contributed by atoms with Gasteiger partial charge < -0.3 is 4.74 Å². The van der Waals surface area contributed by atoms with Gasteiger partial charge in [0.2, 0.25) is 0 Å². The molecule has 0 aliphatic rings. The molecule has 1 atom stereocenters. The first-order chi connectivity index (χ1) is 8.73. The number of hydrogen-bond donors (Lipinski definition) is 2. The van der Waals surface area contributed by atoms with Gasteiger partial charge in [-0.15, -0.1) is 0 Å². The Morgan fingerprint density at radius 1 is 1.22 bits per heavy atom. The summed E-state index contributed by atoms with van der Waals surface area (Å²) in [5, 5.41) is 16.9. The summed E-state index contributed by atoms with van der Waals surface area (Å²) in [5.74, 6) is 0. The molecule has 1 aromatic rings. The van der Waals surface area contributed by atoms with Crippen LogP contribution < -0.4 is 0 Å². The summed E-state index contributed by atoms with van der Waals surface area (Å²) in [6, 6.07) is 7.09. The molecule has 7 heteroatoms. The Labute approximate surface area is 103 Å². The SMILES string of the molecule is COCC(OO)c1ccc(COO)cc1.O=C=O. The van der Waals surface area contributed by atoms with E-state index in [-0.39, 0.29) is 19.4 Å². The predicted octanol–water partition coefficient (Wildman–Crippen LogP) is 1.27. The molecule has 0 fully saturated rings. The second-order valence-electron chi connectivity index (χ2n) is 3.15. The molecule has 0 amide bonds. The topological polar surface area (TPSA) is 102 Å². The van der Waals surface area contributed by atoms with Gasteiger partial charge in [-0.3, -0.25) is 10.5 Å².